The van der Waals surface area contributed by atoms with Crippen molar-refractivity contribution in [2.24, 2.45) is 0 Å². The van der Waals surface area contributed by atoms with E-state index in [4.69, 9.17) is 18.9 Å². The van der Waals surface area contributed by atoms with E-state index >= 15 is 0 Å². The molecule has 31 heavy (non-hydrogen) atoms. The van der Waals surface area contributed by atoms with Crippen LogP contribution >= 0.6 is 0 Å². The third-order valence-corrected chi connectivity index (χ3v) is 5.94. The highest BCUT2D eigenvalue weighted by molar-refractivity contribution is 5.78. The molecule has 0 aromatic heterocycles. The zero-order valence-corrected chi connectivity index (χ0v) is 18.3. The Labute approximate surface area is 183 Å². The molecule has 2 aromatic rings. The van der Waals surface area contributed by atoms with Crippen LogP contribution in [0.3, 0.4) is 0 Å². The lowest BCUT2D eigenvalue weighted by molar-refractivity contribution is -0.123. The number of benzene rings is 2. The number of methoxy groups -OCH3 is 2. The molecule has 2 aliphatic heterocycles. The standard InChI is InChI=1S/C24H30N2O5/c1-16(19-14-18(28-2)7-9-21(19)29-3)25-24(27)15-26-10-4-5-20(26)17-6-8-22-23(13-17)31-12-11-30-22/h6-9,13-14,16,20H,4-5,10-12,15H2,1-3H3,(H,25,27)/t16-,20+/m0/s1. The maximum absolute atomic E-state index is 12.9. The van der Waals surface area contributed by atoms with Gasteiger partial charge in [0.05, 0.1) is 26.8 Å². The minimum absolute atomic E-state index is 0.0122. The molecule has 2 aliphatic rings. The number of carbonyl (C=O) groups is 1. The van der Waals surface area contributed by atoms with Crippen molar-refractivity contribution in [2.45, 2.75) is 31.8 Å². The summed E-state index contributed by atoms with van der Waals surface area (Å²) in [5.74, 6) is 3.03. The van der Waals surface area contributed by atoms with Crippen LogP contribution in [-0.2, 0) is 4.79 Å². The average molecular weight is 427 g/mol. The van der Waals surface area contributed by atoms with Gasteiger partial charge >= 0.3 is 0 Å². The van der Waals surface area contributed by atoms with Gasteiger partial charge in [-0.05, 0) is 62.2 Å². The van der Waals surface area contributed by atoms with E-state index in [0.29, 0.717) is 19.8 Å². The van der Waals surface area contributed by atoms with E-state index in [1.54, 1.807) is 14.2 Å². The van der Waals surface area contributed by atoms with Crippen LogP contribution in [0, 0.1) is 0 Å². The first-order chi connectivity index (χ1) is 15.1. The Balaban J connectivity index is 1.42. The second-order valence-electron chi connectivity index (χ2n) is 7.93. The summed E-state index contributed by atoms with van der Waals surface area (Å²) in [6.07, 6.45) is 2.08. The van der Waals surface area contributed by atoms with Crippen LogP contribution in [0.15, 0.2) is 36.4 Å². The molecule has 0 saturated carbocycles. The van der Waals surface area contributed by atoms with E-state index in [9.17, 15) is 4.79 Å². The molecule has 1 saturated heterocycles. The number of fused-ring (bicyclic) bond motifs is 1. The van der Waals surface area contributed by atoms with Crippen molar-refractivity contribution in [3.63, 3.8) is 0 Å². The van der Waals surface area contributed by atoms with Crippen LogP contribution in [0.1, 0.15) is 43.0 Å². The molecule has 4 rings (SSSR count). The minimum atomic E-state index is -0.201. The molecule has 0 bridgehead atoms. The predicted octanol–water partition coefficient (Wildman–Crippen LogP) is 3.49. The predicted molar refractivity (Wildman–Crippen MR) is 117 cm³/mol. The smallest absolute Gasteiger partial charge is 0.234 e. The number of carbonyl (C=O) groups excluding carboxylic acids is 1. The summed E-state index contributed by atoms with van der Waals surface area (Å²) in [4.78, 5) is 15.1. The fourth-order valence-electron chi connectivity index (χ4n) is 4.39. The van der Waals surface area contributed by atoms with Gasteiger partial charge in [0, 0.05) is 11.6 Å². The Hall–Kier alpha value is -2.93. The van der Waals surface area contributed by atoms with Crippen molar-refractivity contribution in [3.05, 3.63) is 47.5 Å². The van der Waals surface area contributed by atoms with Crippen LogP contribution in [0.2, 0.25) is 0 Å². The Bertz CT molecular complexity index is 932. The third kappa shape index (κ3) is 4.71. The lowest BCUT2D eigenvalue weighted by Crippen LogP contribution is -2.38. The molecule has 1 N–H and O–H groups in total. The molecular formula is C24H30N2O5. The monoisotopic (exact) mass is 426 g/mol. The van der Waals surface area contributed by atoms with Crippen molar-refractivity contribution in [1.29, 1.82) is 0 Å². The maximum Gasteiger partial charge on any atom is 0.234 e. The fourth-order valence-corrected chi connectivity index (χ4v) is 4.39. The molecule has 1 amide bonds. The molecular weight excluding hydrogens is 396 g/mol. The van der Waals surface area contributed by atoms with Gasteiger partial charge in [0.1, 0.15) is 24.7 Å². The van der Waals surface area contributed by atoms with E-state index in [-0.39, 0.29) is 18.0 Å². The van der Waals surface area contributed by atoms with E-state index < -0.39 is 0 Å². The van der Waals surface area contributed by atoms with Gasteiger partial charge in [-0.2, -0.15) is 0 Å². The topological polar surface area (TPSA) is 69.3 Å². The summed E-state index contributed by atoms with van der Waals surface area (Å²) in [6, 6.07) is 11.7. The Kier molecular flexibility index (Phi) is 6.51. The molecule has 2 atom stereocenters. The quantitative estimate of drug-likeness (QED) is 0.731. The van der Waals surface area contributed by atoms with Gasteiger partial charge in [0.2, 0.25) is 5.91 Å². The third-order valence-electron chi connectivity index (χ3n) is 5.94. The first-order valence-corrected chi connectivity index (χ1v) is 10.7. The van der Waals surface area contributed by atoms with Crippen LogP contribution in [0.5, 0.6) is 23.0 Å². The zero-order chi connectivity index (χ0) is 21.8. The molecule has 0 aliphatic carbocycles. The van der Waals surface area contributed by atoms with E-state index in [1.165, 1.54) is 0 Å². The Morgan fingerprint density at radius 3 is 2.71 bits per heavy atom. The number of hydrogen-bond donors (Lipinski definition) is 1. The molecule has 0 spiro atoms. The van der Waals surface area contributed by atoms with Crippen molar-refractivity contribution >= 4 is 5.91 Å². The van der Waals surface area contributed by atoms with Gasteiger partial charge in [-0.15, -0.1) is 0 Å². The number of nitrogens with one attached hydrogen (secondary N) is 1. The van der Waals surface area contributed by atoms with E-state index in [1.807, 2.05) is 31.2 Å². The van der Waals surface area contributed by atoms with Gasteiger partial charge in [0.25, 0.3) is 0 Å². The lowest BCUT2D eigenvalue weighted by atomic mass is 10.0. The summed E-state index contributed by atoms with van der Waals surface area (Å²) in [7, 11) is 3.25. The molecule has 2 heterocycles. The number of likely N-dealkylation sites (tertiary alicyclic amines) is 1. The summed E-state index contributed by atoms with van der Waals surface area (Å²) >= 11 is 0. The highest BCUT2D eigenvalue weighted by Gasteiger charge is 2.29. The molecule has 166 valence electrons. The second-order valence-corrected chi connectivity index (χ2v) is 7.93. The van der Waals surface area contributed by atoms with Gasteiger partial charge in [0.15, 0.2) is 11.5 Å². The fraction of sp³-hybridized carbons (Fsp3) is 0.458. The summed E-state index contributed by atoms with van der Waals surface area (Å²) in [6.45, 7) is 4.34. The highest BCUT2D eigenvalue weighted by Crippen LogP contribution is 2.38. The summed E-state index contributed by atoms with van der Waals surface area (Å²) in [5, 5.41) is 3.11. The summed E-state index contributed by atoms with van der Waals surface area (Å²) in [5.41, 5.74) is 2.05. The van der Waals surface area contributed by atoms with Gasteiger partial charge in [-0.3, -0.25) is 9.69 Å². The molecule has 7 heteroatoms. The Morgan fingerprint density at radius 1 is 1.13 bits per heavy atom. The first-order valence-electron chi connectivity index (χ1n) is 10.7. The number of amides is 1. The largest absolute Gasteiger partial charge is 0.497 e. The average Bonchev–Trinajstić information content (AvgIpc) is 3.26. The van der Waals surface area contributed by atoms with Crippen LogP contribution in [0.25, 0.3) is 0 Å². The van der Waals surface area contributed by atoms with Crippen molar-refractivity contribution in [2.75, 3.05) is 40.5 Å². The van der Waals surface area contributed by atoms with Crippen molar-refractivity contribution in [3.8, 4) is 23.0 Å². The van der Waals surface area contributed by atoms with E-state index in [0.717, 1.165) is 53.5 Å². The number of rotatable bonds is 7. The van der Waals surface area contributed by atoms with Gasteiger partial charge in [-0.1, -0.05) is 6.07 Å². The van der Waals surface area contributed by atoms with Crippen LogP contribution < -0.4 is 24.3 Å². The van der Waals surface area contributed by atoms with Crippen LogP contribution in [-0.4, -0.2) is 51.3 Å². The zero-order valence-electron chi connectivity index (χ0n) is 18.3. The van der Waals surface area contributed by atoms with E-state index in [2.05, 4.69) is 22.3 Å². The molecule has 7 nitrogen and oxygen atoms in total. The van der Waals surface area contributed by atoms with Crippen molar-refractivity contribution in [1.82, 2.24) is 10.2 Å². The molecule has 2 aromatic carbocycles. The van der Waals surface area contributed by atoms with Gasteiger partial charge < -0.3 is 24.3 Å². The van der Waals surface area contributed by atoms with Crippen LogP contribution in [0.4, 0.5) is 0 Å². The first kappa shape index (κ1) is 21.3. The number of nitrogens with zero attached hydrogens (tertiary/aromatic N) is 1. The maximum atomic E-state index is 12.9. The molecule has 1 fully saturated rings. The minimum Gasteiger partial charge on any atom is -0.497 e. The molecule has 0 radical (unpaired) electrons. The number of hydrogen-bond acceptors (Lipinski definition) is 6. The SMILES string of the molecule is COc1ccc(OC)c([C@H](C)NC(=O)CN2CCC[C@@H]2c2ccc3c(c2)OCCO3)c1. The normalized spacial score (nSPS) is 19.0. The number of ether oxygens (including phenoxy) is 4. The van der Waals surface area contributed by atoms with Gasteiger partial charge in [-0.25, -0.2) is 0 Å². The Morgan fingerprint density at radius 2 is 1.94 bits per heavy atom. The summed E-state index contributed by atoms with van der Waals surface area (Å²) < 4.78 is 22.2. The second kappa shape index (κ2) is 9.47. The molecule has 0 unspecified atom stereocenters. The van der Waals surface area contributed by atoms with Crippen molar-refractivity contribution < 1.29 is 23.7 Å². The lowest BCUT2D eigenvalue weighted by Gasteiger charge is -2.27. The highest BCUT2D eigenvalue weighted by atomic mass is 16.6.